The second kappa shape index (κ2) is 5.55. The summed E-state index contributed by atoms with van der Waals surface area (Å²) in [6.45, 7) is 0. The van der Waals surface area contributed by atoms with Crippen molar-refractivity contribution in [2.75, 3.05) is 0 Å². The Labute approximate surface area is 107 Å². The van der Waals surface area contributed by atoms with Gasteiger partial charge in [-0.3, -0.25) is 0 Å². The van der Waals surface area contributed by atoms with Gasteiger partial charge in [0.05, 0.1) is 5.56 Å². The zero-order valence-corrected chi connectivity index (χ0v) is 9.60. The highest BCUT2D eigenvalue weighted by Gasteiger charge is 2.33. The molecule has 106 valence electrons. The number of ether oxygens (including phenoxy) is 1. The van der Waals surface area contributed by atoms with Crippen molar-refractivity contribution in [3.8, 4) is 5.88 Å². The molecule has 0 bridgehead atoms. The number of hydrogen-bond donors (Lipinski definition) is 1. The van der Waals surface area contributed by atoms with Crippen LogP contribution in [0.4, 0.5) is 22.0 Å². The molecule has 10 heteroatoms. The molecule has 0 aliphatic rings. The van der Waals surface area contributed by atoms with Gasteiger partial charge in [-0.2, -0.15) is 0 Å². The van der Waals surface area contributed by atoms with Gasteiger partial charge in [0.25, 0.3) is 6.43 Å². The van der Waals surface area contributed by atoms with Crippen LogP contribution in [0.2, 0.25) is 0 Å². The Bertz CT molecular complexity index is 491. The van der Waals surface area contributed by atoms with Crippen molar-refractivity contribution in [3.05, 3.63) is 22.9 Å². The van der Waals surface area contributed by atoms with Gasteiger partial charge in [0.1, 0.15) is 0 Å². The van der Waals surface area contributed by atoms with Crippen LogP contribution in [-0.4, -0.2) is 22.4 Å². The number of aromatic nitrogens is 1. The molecule has 1 rings (SSSR count). The van der Waals surface area contributed by atoms with Crippen LogP contribution >= 0.6 is 11.6 Å². The maximum atomic E-state index is 12.7. The van der Waals surface area contributed by atoms with Gasteiger partial charge in [-0.25, -0.2) is 18.6 Å². The van der Waals surface area contributed by atoms with E-state index < -0.39 is 47.3 Å². The van der Waals surface area contributed by atoms with E-state index in [2.05, 4.69) is 9.72 Å². The van der Waals surface area contributed by atoms with Crippen molar-refractivity contribution >= 4 is 17.6 Å². The summed E-state index contributed by atoms with van der Waals surface area (Å²) in [6, 6.07) is 0.522. The highest BCUT2D eigenvalue weighted by Crippen LogP contribution is 2.31. The second-order valence-corrected chi connectivity index (χ2v) is 3.44. The Morgan fingerprint density at radius 1 is 1.47 bits per heavy atom. The molecule has 0 atom stereocenters. The van der Waals surface area contributed by atoms with Crippen LogP contribution in [-0.2, 0) is 5.88 Å². The summed E-state index contributed by atoms with van der Waals surface area (Å²) in [4.78, 5) is 13.6. The highest BCUT2D eigenvalue weighted by molar-refractivity contribution is 6.17. The number of pyridine rings is 1. The van der Waals surface area contributed by atoms with Crippen molar-refractivity contribution < 1.29 is 36.6 Å². The molecule has 0 aromatic carbocycles. The molecule has 0 aliphatic carbocycles. The lowest BCUT2D eigenvalue weighted by Gasteiger charge is -2.13. The summed E-state index contributed by atoms with van der Waals surface area (Å²) < 4.78 is 64.7. The quantitative estimate of drug-likeness (QED) is 0.684. The van der Waals surface area contributed by atoms with E-state index >= 15 is 0 Å². The number of halogens is 6. The molecule has 0 aliphatic heterocycles. The molecule has 1 aromatic heterocycles. The summed E-state index contributed by atoms with van der Waals surface area (Å²) in [5, 5.41) is 8.68. The van der Waals surface area contributed by atoms with Crippen LogP contribution in [0.5, 0.6) is 5.88 Å². The van der Waals surface area contributed by atoms with E-state index in [1.165, 1.54) is 0 Å². The lowest BCUT2D eigenvalue weighted by Crippen LogP contribution is -2.20. The van der Waals surface area contributed by atoms with Crippen LogP contribution in [0.3, 0.4) is 0 Å². The minimum Gasteiger partial charge on any atom is -0.476 e. The third-order valence-electron chi connectivity index (χ3n) is 1.91. The van der Waals surface area contributed by atoms with Crippen molar-refractivity contribution in [1.29, 1.82) is 0 Å². The number of carboxylic acid groups (broad SMARTS) is 1. The van der Waals surface area contributed by atoms with E-state index in [0.29, 0.717) is 6.07 Å². The van der Waals surface area contributed by atoms with Gasteiger partial charge in [0.15, 0.2) is 5.69 Å². The first-order chi connectivity index (χ1) is 8.65. The van der Waals surface area contributed by atoms with Gasteiger partial charge in [0.2, 0.25) is 5.88 Å². The Hall–Kier alpha value is -1.64. The van der Waals surface area contributed by atoms with Gasteiger partial charge < -0.3 is 9.84 Å². The predicted octanol–water partition coefficient (Wildman–Crippen LogP) is 3.35. The van der Waals surface area contributed by atoms with Gasteiger partial charge in [-0.15, -0.1) is 24.8 Å². The standard InChI is InChI=1S/C9H5ClF5NO3/c10-2-3-1-4(19-9(13,14)15)16-6(8(17)18)5(3)7(11)12/h1,7H,2H2,(H,17,18). The Balaban J connectivity index is 3.40. The number of carboxylic acids is 1. The van der Waals surface area contributed by atoms with Crippen LogP contribution in [0.1, 0.15) is 28.0 Å². The Morgan fingerprint density at radius 2 is 2.05 bits per heavy atom. The summed E-state index contributed by atoms with van der Waals surface area (Å²) in [5.74, 6) is -3.68. The number of aromatic carboxylic acids is 1. The zero-order chi connectivity index (χ0) is 14.8. The SMILES string of the molecule is O=C(O)c1nc(OC(F)(F)F)cc(CCl)c1C(F)F. The number of rotatable bonds is 4. The third-order valence-corrected chi connectivity index (χ3v) is 2.19. The summed E-state index contributed by atoms with van der Waals surface area (Å²) in [7, 11) is 0. The number of hydrogen-bond acceptors (Lipinski definition) is 3. The van der Waals surface area contributed by atoms with E-state index in [1.54, 1.807) is 0 Å². The number of alkyl halides is 6. The van der Waals surface area contributed by atoms with Gasteiger partial charge in [0, 0.05) is 11.9 Å². The fourth-order valence-electron chi connectivity index (χ4n) is 1.27. The molecule has 0 saturated carbocycles. The van der Waals surface area contributed by atoms with Gasteiger partial charge in [-0.1, -0.05) is 0 Å². The van der Waals surface area contributed by atoms with Crippen LogP contribution < -0.4 is 4.74 Å². The first kappa shape index (κ1) is 15.4. The Morgan fingerprint density at radius 3 is 2.42 bits per heavy atom. The summed E-state index contributed by atoms with van der Waals surface area (Å²) >= 11 is 5.31. The predicted molar refractivity (Wildman–Crippen MR) is 52.4 cm³/mol. The molecule has 0 radical (unpaired) electrons. The third kappa shape index (κ3) is 3.91. The van der Waals surface area contributed by atoms with Gasteiger partial charge in [-0.05, 0) is 5.56 Å². The van der Waals surface area contributed by atoms with Crippen LogP contribution in [0.25, 0.3) is 0 Å². The van der Waals surface area contributed by atoms with E-state index in [4.69, 9.17) is 16.7 Å². The maximum absolute atomic E-state index is 12.7. The summed E-state index contributed by atoms with van der Waals surface area (Å²) in [5.41, 5.74) is -2.76. The molecule has 4 nitrogen and oxygen atoms in total. The van der Waals surface area contributed by atoms with E-state index in [-0.39, 0.29) is 0 Å². The molecule has 0 spiro atoms. The lowest BCUT2D eigenvalue weighted by atomic mass is 10.1. The monoisotopic (exact) mass is 305 g/mol. The first-order valence-electron chi connectivity index (χ1n) is 4.52. The van der Waals surface area contributed by atoms with Crippen LogP contribution in [0, 0.1) is 0 Å². The van der Waals surface area contributed by atoms with E-state index in [0.717, 1.165) is 0 Å². The molecule has 0 saturated heterocycles. The normalized spacial score (nSPS) is 11.7. The number of nitrogens with zero attached hydrogens (tertiary/aromatic N) is 1. The van der Waals surface area contributed by atoms with E-state index in [1.807, 2.05) is 0 Å². The average Bonchev–Trinajstić information content (AvgIpc) is 2.24. The van der Waals surface area contributed by atoms with E-state index in [9.17, 15) is 26.7 Å². The minimum atomic E-state index is -5.13. The van der Waals surface area contributed by atoms with Crippen molar-refractivity contribution in [2.45, 2.75) is 18.7 Å². The second-order valence-electron chi connectivity index (χ2n) is 3.17. The fraction of sp³-hybridized carbons (Fsp3) is 0.333. The largest absolute Gasteiger partial charge is 0.574 e. The van der Waals surface area contributed by atoms with Gasteiger partial charge >= 0.3 is 12.3 Å². The Kier molecular flexibility index (Phi) is 4.51. The van der Waals surface area contributed by atoms with Crippen molar-refractivity contribution in [1.82, 2.24) is 4.98 Å². The van der Waals surface area contributed by atoms with Crippen molar-refractivity contribution in [2.24, 2.45) is 0 Å². The summed E-state index contributed by atoms with van der Waals surface area (Å²) in [6.07, 6.45) is -8.37. The minimum absolute atomic E-state index is 0.497. The molecule has 0 amide bonds. The van der Waals surface area contributed by atoms with Crippen molar-refractivity contribution in [3.63, 3.8) is 0 Å². The lowest BCUT2D eigenvalue weighted by molar-refractivity contribution is -0.276. The number of carbonyl (C=O) groups is 1. The maximum Gasteiger partial charge on any atom is 0.574 e. The molecular weight excluding hydrogens is 301 g/mol. The van der Waals surface area contributed by atoms with Crippen LogP contribution in [0.15, 0.2) is 6.07 Å². The molecule has 0 fully saturated rings. The fourth-order valence-corrected chi connectivity index (χ4v) is 1.49. The molecule has 0 unspecified atom stereocenters. The molecule has 1 heterocycles. The topological polar surface area (TPSA) is 59.4 Å². The smallest absolute Gasteiger partial charge is 0.476 e. The highest BCUT2D eigenvalue weighted by atomic mass is 35.5. The molecular formula is C9H5ClF5NO3. The first-order valence-corrected chi connectivity index (χ1v) is 5.06. The average molecular weight is 306 g/mol. The molecule has 1 N–H and O–H groups in total. The zero-order valence-electron chi connectivity index (χ0n) is 8.84. The molecule has 1 aromatic rings. The molecule has 19 heavy (non-hydrogen) atoms.